The van der Waals surface area contributed by atoms with Gasteiger partial charge in [0.2, 0.25) is 0 Å². The van der Waals surface area contributed by atoms with Gasteiger partial charge < -0.3 is 28.4 Å². The Hall–Kier alpha value is -2.81. The predicted molar refractivity (Wildman–Crippen MR) is 196 cm³/mol. The molecule has 0 spiro atoms. The first-order valence-corrected chi connectivity index (χ1v) is 18.8. The maximum Gasteiger partial charge on any atom is 0.338 e. The minimum atomic E-state index is -0.346. The highest BCUT2D eigenvalue weighted by atomic mass is 16.6. The van der Waals surface area contributed by atoms with Gasteiger partial charge in [-0.15, -0.1) is 0 Å². The second-order valence-electron chi connectivity index (χ2n) is 13.2. The van der Waals surface area contributed by atoms with Crippen LogP contribution in [0, 0.1) is 0 Å². The van der Waals surface area contributed by atoms with Gasteiger partial charge in [0.1, 0.15) is 30.5 Å². The second-order valence-corrected chi connectivity index (χ2v) is 13.2. The highest BCUT2D eigenvalue weighted by Crippen LogP contribution is 2.38. The number of fused-ring (bicyclic) bond motifs is 1. The van der Waals surface area contributed by atoms with Crippen LogP contribution >= 0.6 is 0 Å². The third-order valence-corrected chi connectivity index (χ3v) is 9.33. The number of aryl methyl sites for hydroxylation is 2. The molecule has 0 N–H and O–H groups in total. The van der Waals surface area contributed by atoms with Crippen molar-refractivity contribution in [2.24, 2.45) is 0 Å². The van der Waals surface area contributed by atoms with Gasteiger partial charge in [0.05, 0.1) is 19.3 Å². The van der Waals surface area contributed by atoms with Crippen molar-refractivity contribution in [1.82, 2.24) is 0 Å². The van der Waals surface area contributed by atoms with Gasteiger partial charge >= 0.3 is 5.97 Å². The zero-order chi connectivity index (χ0) is 34.8. The molecule has 1 aromatic carbocycles. The fourth-order valence-electron chi connectivity index (χ4n) is 6.52. The molecule has 2 aliphatic carbocycles. The molecule has 270 valence electrons. The molecule has 3 aliphatic rings. The number of methoxy groups -OCH3 is 1. The summed E-state index contributed by atoms with van der Waals surface area (Å²) in [4.78, 5) is 12.9. The Morgan fingerprint density at radius 3 is 2.04 bits per heavy atom. The van der Waals surface area contributed by atoms with Gasteiger partial charge in [0.15, 0.2) is 0 Å². The van der Waals surface area contributed by atoms with Crippen LogP contribution in [-0.2, 0) is 41.3 Å². The number of unbranched alkanes of at least 4 members (excludes halogenated alkanes) is 4. The average Bonchev–Trinajstić information content (AvgIpc) is 3.30. The third kappa shape index (κ3) is 11.1. The molecule has 1 saturated heterocycles. The van der Waals surface area contributed by atoms with E-state index in [1.54, 1.807) is 0 Å². The number of rotatable bonds is 22. The molecule has 0 amide bonds. The zero-order valence-electron chi connectivity index (χ0n) is 30.6. The fraction of sp³-hybridized carbons (Fsp3) is 0.595. The van der Waals surface area contributed by atoms with Gasteiger partial charge in [0.25, 0.3) is 0 Å². The Balaban J connectivity index is 1.65. The topological polar surface area (TPSA) is 72.5 Å². The monoisotopic (exact) mass is 676 g/mol. The lowest BCUT2D eigenvalue weighted by atomic mass is 9.89. The van der Waals surface area contributed by atoms with E-state index in [2.05, 4.69) is 58.0 Å². The summed E-state index contributed by atoms with van der Waals surface area (Å²) in [6, 6.07) is 20.7. The number of carbonyl (C=O) groups excluding carboxylic acids is 1. The minimum absolute atomic E-state index is 0.289. The van der Waals surface area contributed by atoms with Crippen LogP contribution in [0.1, 0.15) is 112 Å². The van der Waals surface area contributed by atoms with E-state index in [0.29, 0.717) is 45.0 Å². The van der Waals surface area contributed by atoms with Crippen LogP contribution in [0.2, 0.25) is 0 Å². The van der Waals surface area contributed by atoms with Crippen LogP contribution < -0.4 is 0 Å². The predicted octanol–water partition coefficient (Wildman–Crippen LogP) is 9.18. The molecule has 49 heavy (non-hydrogen) atoms. The van der Waals surface area contributed by atoms with E-state index in [1.807, 2.05) is 30.3 Å². The van der Waals surface area contributed by atoms with Gasteiger partial charge in [0, 0.05) is 26.4 Å². The molecule has 7 nitrogen and oxygen atoms in total. The van der Waals surface area contributed by atoms with Crippen LogP contribution in [0.3, 0.4) is 0 Å². The quantitative estimate of drug-likeness (QED) is 0.0776. The van der Waals surface area contributed by atoms with Crippen LogP contribution in [0.4, 0.5) is 0 Å². The van der Waals surface area contributed by atoms with Crippen LogP contribution in [-0.4, -0.2) is 70.5 Å². The van der Waals surface area contributed by atoms with Crippen LogP contribution in [0.15, 0.2) is 60.7 Å². The molecule has 5 atom stereocenters. The van der Waals surface area contributed by atoms with Gasteiger partial charge in [-0.1, -0.05) is 114 Å². The van der Waals surface area contributed by atoms with Crippen molar-refractivity contribution in [2.75, 3.05) is 40.1 Å². The standard InChI is InChI=1S/C42H60O7/c1-6-10-24-45-30-36-39(46-25-11-7-2)41(48-27-13-9-4)40(47-26-12-8-3)38(49-36)34-20-17-18-31(28-34)22-23-33-29-32-19-15-14-16-21-35(32)37(33)42(43)44-5/h14-21,28-29,36,38-41H,6-13,22-27,30H2,1-5H3/t36-,38+,39-,40+,41+/m1/s1. The Labute approximate surface area is 295 Å². The van der Waals surface area contributed by atoms with E-state index in [-0.39, 0.29) is 36.5 Å². The molecule has 0 saturated carbocycles. The first kappa shape index (κ1) is 39.0. The van der Waals surface area contributed by atoms with E-state index < -0.39 is 0 Å². The Morgan fingerprint density at radius 1 is 0.694 bits per heavy atom. The van der Waals surface area contributed by atoms with E-state index >= 15 is 0 Å². The first-order valence-electron chi connectivity index (χ1n) is 18.8. The maximum atomic E-state index is 12.9. The first-order chi connectivity index (χ1) is 24.1. The van der Waals surface area contributed by atoms with E-state index in [1.165, 1.54) is 12.7 Å². The normalized spacial score (nSPS) is 20.9. The second kappa shape index (κ2) is 21.4. The van der Waals surface area contributed by atoms with E-state index in [9.17, 15) is 4.79 Å². The molecule has 1 heterocycles. The Bertz CT molecular complexity index is 1340. The van der Waals surface area contributed by atoms with Gasteiger partial charge in [-0.05, 0) is 66.3 Å². The van der Waals surface area contributed by atoms with Crippen molar-refractivity contribution in [3.63, 3.8) is 0 Å². The van der Waals surface area contributed by atoms with Crippen molar-refractivity contribution in [2.45, 2.75) is 122 Å². The number of carbonyl (C=O) groups is 1. The molecule has 1 aromatic rings. The number of benzene rings is 1. The summed E-state index contributed by atoms with van der Waals surface area (Å²) >= 11 is 0. The summed E-state index contributed by atoms with van der Waals surface area (Å²) in [7, 11) is 1.45. The van der Waals surface area contributed by atoms with Crippen LogP contribution in [0.5, 0.6) is 0 Å². The lowest BCUT2D eigenvalue weighted by Crippen LogP contribution is -2.58. The third-order valence-electron chi connectivity index (χ3n) is 9.33. The largest absolute Gasteiger partial charge is 0.465 e. The van der Waals surface area contributed by atoms with Crippen molar-refractivity contribution in [1.29, 1.82) is 0 Å². The van der Waals surface area contributed by atoms with Gasteiger partial charge in [-0.2, -0.15) is 0 Å². The minimum Gasteiger partial charge on any atom is -0.465 e. The maximum absolute atomic E-state index is 12.9. The lowest BCUT2D eigenvalue weighted by Gasteiger charge is -2.46. The fourth-order valence-corrected chi connectivity index (χ4v) is 6.52. The smallest absolute Gasteiger partial charge is 0.338 e. The molecule has 1 fully saturated rings. The lowest BCUT2D eigenvalue weighted by molar-refractivity contribution is -0.268. The Morgan fingerprint density at radius 2 is 1.35 bits per heavy atom. The Kier molecular flexibility index (Phi) is 17.0. The van der Waals surface area contributed by atoms with E-state index in [4.69, 9.17) is 28.4 Å². The number of ether oxygens (including phenoxy) is 6. The van der Waals surface area contributed by atoms with Crippen molar-refractivity contribution < 1.29 is 33.2 Å². The average molecular weight is 677 g/mol. The van der Waals surface area contributed by atoms with Gasteiger partial charge in [-0.25, -0.2) is 4.79 Å². The molecule has 0 aromatic heterocycles. The van der Waals surface area contributed by atoms with E-state index in [0.717, 1.165) is 80.0 Å². The SMILES string of the molecule is CCCCOC[C@H]1O[C@@H](c2cccc(CCc3cc4cccccc-4c3C(=O)OC)c2)[C@H](OCCCC)[C@@H](OCCCC)[C@@H]1OCCCC. The van der Waals surface area contributed by atoms with Crippen LogP contribution in [0.25, 0.3) is 11.1 Å². The summed E-state index contributed by atoms with van der Waals surface area (Å²) in [6.45, 7) is 11.8. The molecule has 1 aliphatic heterocycles. The summed E-state index contributed by atoms with van der Waals surface area (Å²) in [5, 5.41) is 0. The molecular weight excluding hydrogens is 616 g/mol. The van der Waals surface area contributed by atoms with Crippen molar-refractivity contribution in [3.05, 3.63) is 82.9 Å². The highest BCUT2D eigenvalue weighted by Gasteiger charge is 2.48. The van der Waals surface area contributed by atoms with Crippen molar-refractivity contribution >= 4 is 5.97 Å². The highest BCUT2D eigenvalue weighted by molar-refractivity contribution is 6.00. The molecule has 0 bridgehead atoms. The molecule has 4 rings (SSSR count). The number of hydrogen-bond donors (Lipinski definition) is 0. The summed E-state index contributed by atoms with van der Waals surface area (Å²) in [5.74, 6) is -0.301. The molecule has 0 unspecified atom stereocenters. The molecular formula is C42H60O7. The number of esters is 1. The molecule has 0 radical (unpaired) electrons. The summed E-state index contributed by atoms with van der Waals surface area (Å²) in [6.07, 6.45) is 8.07. The summed E-state index contributed by atoms with van der Waals surface area (Å²) in [5.41, 5.74) is 5.82. The number of hydrogen-bond acceptors (Lipinski definition) is 7. The zero-order valence-corrected chi connectivity index (χ0v) is 30.6. The van der Waals surface area contributed by atoms with Gasteiger partial charge in [-0.3, -0.25) is 0 Å². The summed E-state index contributed by atoms with van der Waals surface area (Å²) < 4.78 is 38.4. The van der Waals surface area contributed by atoms with Crippen molar-refractivity contribution in [3.8, 4) is 11.1 Å². The molecule has 7 heteroatoms.